The third-order valence-electron chi connectivity index (χ3n) is 1.78. The van der Waals surface area contributed by atoms with Crippen LogP contribution in [0.25, 0.3) is 0 Å². The normalized spacial score (nSPS) is 19.8. The minimum Gasteiger partial charge on any atom is -0.504 e. The smallest absolute Gasteiger partial charge is 0.323 e. The fourth-order valence-electron chi connectivity index (χ4n) is 0.953. The lowest BCUT2D eigenvalue weighted by Crippen LogP contribution is -2.36. The SMILES string of the molecule is [2H]Oc1ccc([C@]([2H])(O[2H])[C@H](N)C(=O)O)cc1O[2H]. The van der Waals surface area contributed by atoms with E-state index in [-0.39, 0.29) is 17.1 Å². The van der Waals surface area contributed by atoms with E-state index in [1.807, 2.05) is 0 Å². The van der Waals surface area contributed by atoms with Crippen molar-refractivity contribution in [2.45, 2.75) is 12.1 Å². The molecule has 0 aliphatic heterocycles. The van der Waals surface area contributed by atoms with Crippen molar-refractivity contribution in [2.24, 2.45) is 5.73 Å². The third kappa shape index (κ3) is 2.36. The highest BCUT2D eigenvalue weighted by molar-refractivity contribution is 5.74. The molecule has 0 unspecified atom stereocenters. The molecule has 0 spiro atoms. The molecule has 6 N–H and O–H groups in total. The Morgan fingerprint density at radius 2 is 2.20 bits per heavy atom. The number of benzene rings is 1. The summed E-state index contributed by atoms with van der Waals surface area (Å²) >= 11 is 0. The van der Waals surface area contributed by atoms with Crippen LogP contribution in [0.4, 0.5) is 0 Å². The molecule has 0 heterocycles. The Balaban J connectivity index is 3.29. The van der Waals surface area contributed by atoms with Gasteiger partial charge >= 0.3 is 5.97 Å². The maximum Gasteiger partial charge on any atom is 0.323 e. The molecule has 0 radical (unpaired) electrons. The number of rotatable bonds is 6. The first-order valence-electron chi connectivity index (χ1n) is 5.66. The first kappa shape index (κ1) is 6.65. The van der Waals surface area contributed by atoms with Gasteiger partial charge in [0.15, 0.2) is 11.5 Å². The Labute approximate surface area is 91.1 Å². The Kier molecular flexibility index (Phi) is 1.84. The Hall–Kier alpha value is -1.79. The van der Waals surface area contributed by atoms with Crippen molar-refractivity contribution >= 4 is 5.97 Å². The molecule has 0 aliphatic rings. The molecule has 2 atom stereocenters. The van der Waals surface area contributed by atoms with Crippen LogP contribution < -0.4 is 5.73 Å². The van der Waals surface area contributed by atoms with Gasteiger partial charge in [-0.05, 0) is 17.7 Å². The molecule has 0 bridgehead atoms. The highest BCUT2D eigenvalue weighted by Gasteiger charge is 2.24. The number of aliphatic hydroxyl groups is 1. The maximum absolute atomic E-state index is 10.8. The molecule has 6 heteroatoms. The summed E-state index contributed by atoms with van der Waals surface area (Å²) < 4.78 is 28.2. The van der Waals surface area contributed by atoms with Crippen LogP contribution in [-0.4, -0.2) is 36.7 Å². The van der Waals surface area contributed by atoms with Gasteiger partial charge in [-0.2, -0.15) is 0 Å². The van der Waals surface area contributed by atoms with Gasteiger partial charge in [0.1, 0.15) is 12.1 Å². The molecule has 0 amide bonds. The van der Waals surface area contributed by atoms with E-state index in [2.05, 4.69) is 15.3 Å². The highest BCUT2D eigenvalue weighted by Crippen LogP contribution is 2.28. The Morgan fingerprint density at radius 1 is 1.47 bits per heavy atom. The molecule has 1 aromatic rings. The molecule has 0 saturated carbocycles. The highest BCUT2D eigenvalue weighted by atomic mass is 16.4. The lowest BCUT2D eigenvalue weighted by atomic mass is 10.0. The third-order valence-corrected chi connectivity index (χ3v) is 1.78. The number of carboxylic acids is 1. The van der Waals surface area contributed by atoms with Crippen molar-refractivity contribution in [3.63, 3.8) is 0 Å². The van der Waals surface area contributed by atoms with Crippen LogP contribution in [0.15, 0.2) is 18.2 Å². The number of carboxylic acid groups (broad SMARTS) is 1. The number of phenolic OH excluding ortho intramolecular Hbond substituents is 2. The summed E-state index contributed by atoms with van der Waals surface area (Å²) in [6, 6.07) is 1.58. The largest absolute Gasteiger partial charge is 0.504 e. The van der Waals surface area contributed by atoms with E-state index >= 15 is 0 Å². The summed E-state index contributed by atoms with van der Waals surface area (Å²) in [7, 11) is 0. The van der Waals surface area contributed by atoms with E-state index in [0.717, 1.165) is 6.07 Å². The summed E-state index contributed by atoms with van der Waals surface area (Å²) in [5.41, 5.74) is 5.19. The van der Waals surface area contributed by atoms with Gasteiger partial charge in [0.25, 0.3) is 2.86 Å². The molecule has 0 aromatic heterocycles. The Bertz CT molecular complexity index is 474. The van der Waals surface area contributed by atoms with Crippen molar-refractivity contribution < 1.29 is 26.6 Å². The van der Waals surface area contributed by atoms with Crippen LogP contribution in [0.1, 0.15) is 13.0 Å². The van der Waals surface area contributed by atoms with E-state index in [9.17, 15) is 4.79 Å². The summed E-state index contributed by atoms with van der Waals surface area (Å²) in [6.07, 6.45) is -2.39. The van der Waals surface area contributed by atoms with Crippen LogP contribution in [0.5, 0.6) is 11.5 Å². The first-order valence-corrected chi connectivity index (χ1v) is 3.94. The summed E-state index contributed by atoms with van der Waals surface area (Å²) in [4.78, 5) is 10.8. The van der Waals surface area contributed by atoms with Gasteiger partial charge in [0.05, 0.1) is 1.37 Å². The molecular formula is C9H11NO5. The fraction of sp³-hybridized carbons (Fsp3) is 0.222. The van der Waals surface area contributed by atoms with Crippen LogP contribution in [-0.2, 0) is 4.79 Å². The standard InChI is InChI=1S/C9H11NO5/c10-7(9(14)15)8(13)4-1-2-5(11)6(12)3-4/h1-3,7-8,11-13H,10H2,(H,14,15)/t7-,8-/m0/s1/i8D,13D/hD2. The lowest BCUT2D eigenvalue weighted by molar-refractivity contribution is -0.141. The molecule has 6 nitrogen and oxygen atoms in total. The van der Waals surface area contributed by atoms with E-state index in [0.29, 0.717) is 0 Å². The van der Waals surface area contributed by atoms with Gasteiger partial charge in [0.2, 0.25) is 1.43 Å². The monoisotopic (exact) mass is 217 g/mol. The zero-order chi connectivity index (χ0) is 14.6. The molecule has 0 saturated heterocycles. The minimum absolute atomic E-state index is 0.116. The van der Waals surface area contributed by atoms with Crippen molar-refractivity contribution in [3.05, 3.63) is 23.8 Å². The second-order valence-electron chi connectivity index (χ2n) is 2.84. The second kappa shape index (κ2) is 4.16. The van der Waals surface area contributed by atoms with Gasteiger partial charge in [-0.1, -0.05) is 6.07 Å². The predicted octanol–water partition coefficient (Wildman–Crippen LogP) is -0.457. The number of carbonyl (C=O) groups is 1. The van der Waals surface area contributed by atoms with Gasteiger partial charge in [-0.25, -0.2) is 0 Å². The predicted molar refractivity (Wildman–Crippen MR) is 50.3 cm³/mol. The molecule has 0 aliphatic carbocycles. The van der Waals surface area contributed by atoms with Crippen molar-refractivity contribution in [1.29, 1.82) is 4.29 Å². The lowest BCUT2D eigenvalue weighted by Gasteiger charge is -2.15. The van der Waals surface area contributed by atoms with Crippen LogP contribution >= 0.6 is 0 Å². The zero-order valence-electron chi connectivity index (χ0n) is 11.5. The quantitative estimate of drug-likeness (QED) is 0.411. The van der Waals surface area contributed by atoms with Crippen molar-refractivity contribution in [1.82, 2.24) is 0 Å². The second-order valence-corrected chi connectivity index (χ2v) is 2.84. The summed E-state index contributed by atoms with van der Waals surface area (Å²) in [6.45, 7) is 0. The number of aromatic hydroxyl groups is 2. The van der Waals surface area contributed by atoms with E-state index < -0.39 is 18.1 Å². The maximum atomic E-state index is 10.8. The average molecular weight is 217 g/mol. The molecule has 0 fully saturated rings. The minimum atomic E-state index is -2.39. The van der Waals surface area contributed by atoms with Gasteiger partial charge in [0, 0.05) is 0 Å². The van der Waals surface area contributed by atoms with E-state index in [4.69, 9.17) is 16.5 Å². The molecule has 82 valence electrons. The zero-order valence-corrected chi connectivity index (χ0v) is 7.47. The molecule has 1 aromatic carbocycles. The summed E-state index contributed by atoms with van der Waals surface area (Å²) in [5, 5.41) is 21.3. The van der Waals surface area contributed by atoms with E-state index in [1.54, 1.807) is 0 Å². The van der Waals surface area contributed by atoms with Crippen molar-refractivity contribution in [2.75, 3.05) is 0 Å². The van der Waals surface area contributed by atoms with Crippen LogP contribution in [0.3, 0.4) is 0 Å². The van der Waals surface area contributed by atoms with Crippen LogP contribution in [0.2, 0.25) is 0 Å². The fourth-order valence-corrected chi connectivity index (χ4v) is 0.953. The Morgan fingerprint density at radius 3 is 2.73 bits per heavy atom. The van der Waals surface area contributed by atoms with Crippen LogP contribution in [0, 0.1) is 0 Å². The van der Waals surface area contributed by atoms with Crippen molar-refractivity contribution in [3.8, 4) is 11.5 Å². The van der Waals surface area contributed by atoms with Gasteiger partial charge in [-0.15, -0.1) is 0 Å². The number of aliphatic carboxylic acids is 1. The topological polar surface area (TPSA) is 124 Å². The summed E-state index contributed by atoms with van der Waals surface area (Å²) in [5.74, 6) is -1.88. The number of phenols is 2. The van der Waals surface area contributed by atoms with Gasteiger partial charge < -0.3 is 26.2 Å². The average Bonchev–Trinajstić information content (AvgIpc) is 2.44. The van der Waals surface area contributed by atoms with Gasteiger partial charge in [-0.3, -0.25) is 4.79 Å². The molecule has 1 rings (SSSR count). The van der Waals surface area contributed by atoms with E-state index in [1.165, 1.54) is 12.1 Å². The number of nitrogens with two attached hydrogens (primary N) is 1. The first-order chi connectivity index (χ1) is 8.90. The number of hydrogen-bond donors (Lipinski definition) is 5. The number of hydrogen-bond acceptors (Lipinski definition) is 5. The molecular weight excluding hydrogens is 202 g/mol. The molecule has 15 heavy (non-hydrogen) atoms.